The number of nitrogens with zero attached hydrogens (tertiary/aromatic N) is 2. The predicted molar refractivity (Wildman–Crippen MR) is 118 cm³/mol. The molecule has 0 saturated heterocycles. The fraction of sp³-hybridized carbons (Fsp3) is 0.588. The number of hydrogen-bond acceptors (Lipinski definition) is 4. The molecule has 0 aliphatic carbocycles. The van der Waals surface area contributed by atoms with Gasteiger partial charge in [-0.05, 0) is 44.0 Å². The number of rotatable bonds is 9. The number of nitrogens with one attached hydrogen (secondary N) is 2. The first-order valence-corrected chi connectivity index (χ1v) is 10.3. The van der Waals surface area contributed by atoms with Crippen molar-refractivity contribution in [3.8, 4) is 5.75 Å². The molecule has 0 atom stereocenters. The van der Waals surface area contributed by atoms with Crippen molar-refractivity contribution in [3.05, 3.63) is 29.3 Å². The Balaban J connectivity index is 0.00000625. The summed E-state index contributed by atoms with van der Waals surface area (Å²) >= 11 is 0. The smallest absolute Gasteiger partial charge is 0.208 e. The van der Waals surface area contributed by atoms with Crippen molar-refractivity contribution >= 4 is 40.0 Å². The van der Waals surface area contributed by atoms with Crippen molar-refractivity contribution < 1.29 is 13.2 Å². The van der Waals surface area contributed by atoms with Crippen LogP contribution in [0.1, 0.15) is 18.1 Å². The molecule has 0 aliphatic rings. The maximum atomic E-state index is 11.1. The van der Waals surface area contributed by atoms with Crippen molar-refractivity contribution in [1.29, 1.82) is 0 Å². The van der Waals surface area contributed by atoms with Gasteiger partial charge in [0, 0.05) is 20.1 Å². The third-order valence-electron chi connectivity index (χ3n) is 3.32. The number of sulfonamides is 1. The summed E-state index contributed by atoms with van der Waals surface area (Å²) in [5, 5.41) is 3.19. The summed E-state index contributed by atoms with van der Waals surface area (Å²) in [5.74, 6) is 1.59. The minimum Gasteiger partial charge on any atom is -0.492 e. The standard InChI is InChI=1S/C17H30N4O3S.HI/c1-6-18-17(19-7-8-20-25(5,22)23)21(4)9-10-24-16-12-14(2)11-15(3)13-16;/h11-13,20H,6-10H2,1-5H3,(H,18,19);1H. The van der Waals surface area contributed by atoms with E-state index in [-0.39, 0.29) is 30.5 Å². The van der Waals surface area contributed by atoms with Gasteiger partial charge in [0.1, 0.15) is 12.4 Å². The second-order valence-corrected chi connectivity index (χ2v) is 7.83. The third kappa shape index (κ3) is 10.8. The molecular formula is C17H31IN4O3S. The molecule has 0 bridgehead atoms. The number of halogens is 1. The summed E-state index contributed by atoms with van der Waals surface area (Å²) in [4.78, 5) is 6.38. The number of ether oxygens (including phenoxy) is 1. The highest BCUT2D eigenvalue weighted by Crippen LogP contribution is 2.15. The van der Waals surface area contributed by atoms with Gasteiger partial charge in [0.25, 0.3) is 0 Å². The average Bonchev–Trinajstić information content (AvgIpc) is 2.48. The molecule has 7 nitrogen and oxygen atoms in total. The van der Waals surface area contributed by atoms with Crippen LogP contribution in [-0.4, -0.2) is 65.4 Å². The van der Waals surface area contributed by atoms with E-state index in [1.54, 1.807) is 0 Å². The first-order chi connectivity index (χ1) is 11.7. The second kappa shape index (κ2) is 12.3. The Hall–Kier alpha value is -1.07. The summed E-state index contributed by atoms with van der Waals surface area (Å²) in [7, 11) is -1.25. The van der Waals surface area contributed by atoms with E-state index in [9.17, 15) is 8.42 Å². The molecule has 1 aromatic rings. The van der Waals surface area contributed by atoms with E-state index in [0.29, 0.717) is 19.7 Å². The molecule has 0 amide bonds. The molecule has 0 fully saturated rings. The molecule has 0 aliphatic heterocycles. The van der Waals surface area contributed by atoms with Crippen molar-refractivity contribution in [2.45, 2.75) is 20.8 Å². The SMILES string of the molecule is CCNC(=NCCNS(C)(=O)=O)N(C)CCOc1cc(C)cc(C)c1.I. The molecule has 150 valence electrons. The first-order valence-electron chi connectivity index (χ1n) is 8.36. The van der Waals surface area contributed by atoms with Gasteiger partial charge in [-0.3, -0.25) is 4.99 Å². The van der Waals surface area contributed by atoms with E-state index in [4.69, 9.17) is 4.74 Å². The van der Waals surface area contributed by atoms with Crippen molar-refractivity contribution in [2.24, 2.45) is 4.99 Å². The van der Waals surface area contributed by atoms with Crippen LogP contribution in [0.4, 0.5) is 0 Å². The van der Waals surface area contributed by atoms with Crippen molar-refractivity contribution in [1.82, 2.24) is 14.9 Å². The first kappa shape index (κ1) is 24.9. The number of likely N-dealkylation sites (N-methyl/N-ethyl adjacent to an activating group) is 1. The van der Waals surface area contributed by atoms with Gasteiger partial charge < -0.3 is 15.0 Å². The monoisotopic (exact) mass is 498 g/mol. The van der Waals surface area contributed by atoms with Crippen LogP contribution >= 0.6 is 24.0 Å². The molecule has 0 unspecified atom stereocenters. The van der Waals surface area contributed by atoms with Gasteiger partial charge >= 0.3 is 0 Å². The summed E-state index contributed by atoms with van der Waals surface area (Å²) in [6, 6.07) is 6.14. The van der Waals surface area contributed by atoms with Gasteiger partial charge in [-0.2, -0.15) is 0 Å². The van der Waals surface area contributed by atoms with Crippen LogP contribution in [0.25, 0.3) is 0 Å². The lowest BCUT2D eigenvalue weighted by Crippen LogP contribution is -2.41. The van der Waals surface area contributed by atoms with Crippen LogP contribution in [-0.2, 0) is 10.0 Å². The Morgan fingerprint density at radius 2 is 1.85 bits per heavy atom. The zero-order valence-corrected chi connectivity index (χ0v) is 19.4. The minimum atomic E-state index is -3.18. The highest BCUT2D eigenvalue weighted by molar-refractivity contribution is 14.0. The Labute approximate surface area is 174 Å². The van der Waals surface area contributed by atoms with Crippen LogP contribution < -0.4 is 14.8 Å². The summed E-state index contributed by atoms with van der Waals surface area (Å²) in [5.41, 5.74) is 2.35. The van der Waals surface area contributed by atoms with Gasteiger partial charge in [-0.25, -0.2) is 13.1 Å². The fourth-order valence-corrected chi connectivity index (χ4v) is 2.75. The van der Waals surface area contributed by atoms with E-state index in [1.165, 1.54) is 11.1 Å². The lowest BCUT2D eigenvalue weighted by atomic mass is 10.1. The molecule has 0 heterocycles. The largest absolute Gasteiger partial charge is 0.492 e. The molecule has 1 rings (SSSR count). The van der Waals surface area contributed by atoms with E-state index in [0.717, 1.165) is 24.5 Å². The Bertz CT molecular complexity index is 660. The van der Waals surface area contributed by atoms with Gasteiger partial charge in [0.15, 0.2) is 5.96 Å². The van der Waals surface area contributed by atoms with Crippen LogP contribution in [0.15, 0.2) is 23.2 Å². The highest BCUT2D eigenvalue weighted by Gasteiger charge is 2.06. The summed E-state index contributed by atoms with van der Waals surface area (Å²) < 4.78 is 30.4. The molecule has 9 heteroatoms. The molecular weight excluding hydrogens is 467 g/mol. The Morgan fingerprint density at radius 3 is 2.38 bits per heavy atom. The topological polar surface area (TPSA) is 83.0 Å². The maximum absolute atomic E-state index is 11.1. The molecule has 0 radical (unpaired) electrons. The van der Waals surface area contributed by atoms with Gasteiger partial charge in [-0.15, -0.1) is 24.0 Å². The van der Waals surface area contributed by atoms with Crippen LogP contribution in [0.2, 0.25) is 0 Å². The lowest BCUT2D eigenvalue weighted by molar-refractivity contribution is 0.281. The van der Waals surface area contributed by atoms with E-state index in [1.807, 2.05) is 44.9 Å². The fourth-order valence-electron chi connectivity index (χ4n) is 2.29. The van der Waals surface area contributed by atoms with E-state index in [2.05, 4.69) is 21.1 Å². The highest BCUT2D eigenvalue weighted by atomic mass is 127. The molecule has 1 aromatic carbocycles. The maximum Gasteiger partial charge on any atom is 0.208 e. The van der Waals surface area contributed by atoms with E-state index < -0.39 is 10.0 Å². The molecule has 2 N–H and O–H groups in total. The summed E-state index contributed by atoms with van der Waals surface area (Å²) in [6.45, 7) is 8.67. The zero-order valence-electron chi connectivity index (χ0n) is 16.2. The van der Waals surface area contributed by atoms with Gasteiger partial charge in [0.2, 0.25) is 10.0 Å². The van der Waals surface area contributed by atoms with Crippen LogP contribution in [0.5, 0.6) is 5.75 Å². The van der Waals surface area contributed by atoms with E-state index >= 15 is 0 Å². The predicted octanol–water partition coefficient (Wildman–Crippen LogP) is 1.75. The quantitative estimate of drug-likeness (QED) is 0.235. The van der Waals surface area contributed by atoms with Crippen molar-refractivity contribution in [3.63, 3.8) is 0 Å². The number of aliphatic imine (C=N–C) groups is 1. The Kier molecular flexibility index (Phi) is 11.8. The van der Waals surface area contributed by atoms with Gasteiger partial charge in [-0.1, -0.05) is 6.07 Å². The molecule has 0 aromatic heterocycles. The van der Waals surface area contributed by atoms with Crippen molar-refractivity contribution in [2.75, 3.05) is 46.1 Å². The number of guanidine groups is 1. The zero-order chi connectivity index (χ0) is 18.9. The number of aryl methyl sites for hydroxylation is 2. The summed E-state index contributed by atoms with van der Waals surface area (Å²) in [6.07, 6.45) is 1.14. The number of benzene rings is 1. The molecule has 0 spiro atoms. The second-order valence-electron chi connectivity index (χ2n) is 6.00. The van der Waals surface area contributed by atoms with Crippen LogP contribution in [0.3, 0.4) is 0 Å². The third-order valence-corrected chi connectivity index (χ3v) is 4.05. The average molecular weight is 498 g/mol. The molecule has 0 saturated carbocycles. The Morgan fingerprint density at radius 1 is 1.23 bits per heavy atom. The molecule has 26 heavy (non-hydrogen) atoms. The van der Waals surface area contributed by atoms with Crippen LogP contribution in [0, 0.1) is 13.8 Å². The minimum absolute atomic E-state index is 0. The number of hydrogen-bond donors (Lipinski definition) is 2. The van der Waals surface area contributed by atoms with Gasteiger partial charge in [0.05, 0.1) is 19.3 Å². The lowest BCUT2D eigenvalue weighted by Gasteiger charge is -2.22. The normalized spacial score (nSPS) is 11.7.